The molecule has 0 aliphatic heterocycles. The van der Waals surface area contributed by atoms with Crippen molar-refractivity contribution in [3.63, 3.8) is 0 Å². The number of hydrogen-bond donors (Lipinski definition) is 0. The van der Waals surface area contributed by atoms with Crippen molar-refractivity contribution in [2.75, 3.05) is 21.0 Å². The number of carbonyl (C=O) groups excluding carboxylic acids is 1. The first-order valence-corrected chi connectivity index (χ1v) is 8.90. The summed E-state index contributed by atoms with van der Waals surface area (Å²) in [6.45, 7) is 4.49. The standard InChI is InChI=1S/C21H30O4/c1-16-8-10-17(11-9-16)6-5-7-18-12-13-19(25-15-23-3)21(18,2)14-20(22)24-4/h5-6,8-11,18-19H,7,12-15H2,1-4H3/b6-5+/t18-,19+,21+/m1/s1. The molecule has 0 radical (unpaired) electrons. The van der Waals surface area contributed by atoms with E-state index in [9.17, 15) is 4.79 Å². The minimum absolute atomic E-state index is 0.0179. The molecule has 1 fully saturated rings. The van der Waals surface area contributed by atoms with Gasteiger partial charge in [0, 0.05) is 12.5 Å². The molecule has 0 bridgehead atoms. The molecule has 0 saturated heterocycles. The van der Waals surface area contributed by atoms with Crippen LogP contribution in [-0.4, -0.2) is 33.1 Å². The normalized spacial score (nSPS) is 26.2. The summed E-state index contributed by atoms with van der Waals surface area (Å²) < 4.78 is 15.8. The third-order valence-electron chi connectivity index (χ3n) is 5.39. The molecule has 1 aliphatic carbocycles. The lowest BCUT2D eigenvalue weighted by atomic mass is 9.74. The molecule has 0 amide bonds. The molecule has 1 aromatic carbocycles. The number of carbonyl (C=O) groups is 1. The molecule has 4 heteroatoms. The van der Waals surface area contributed by atoms with Crippen LogP contribution in [0, 0.1) is 18.3 Å². The average Bonchev–Trinajstić information content (AvgIpc) is 2.90. The highest BCUT2D eigenvalue weighted by Crippen LogP contribution is 2.49. The second-order valence-electron chi connectivity index (χ2n) is 7.14. The maximum absolute atomic E-state index is 11.9. The minimum atomic E-state index is -0.233. The minimum Gasteiger partial charge on any atom is -0.469 e. The lowest BCUT2D eigenvalue weighted by molar-refractivity contribution is -0.151. The van der Waals surface area contributed by atoms with Crippen molar-refractivity contribution >= 4 is 12.0 Å². The summed E-state index contributed by atoms with van der Waals surface area (Å²) in [5.74, 6) is 0.207. The maximum Gasteiger partial charge on any atom is 0.306 e. The first-order chi connectivity index (χ1) is 12.0. The summed E-state index contributed by atoms with van der Waals surface area (Å²) >= 11 is 0. The highest BCUT2D eigenvalue weighted by atomic mass is 16.7. The molecule has 0 unspecified atom stereocenters. The van der Waals surface area contributed by atoms with Gasteiger partial charge >= 0.3 is 5.97 Å². The summed E-state index contributed by atoms with van der Waals surface area (Å²) in [7, 11) is 3.06. The Labute approximate surface area is 151 Å². The molecular formula is C21H30O4. The number of hydrogen-bond acceptors (Lipinski definition) is 4. The first-order valence-electron chi connectivity index (χ1n) is 8.90. The van der Waals surface area contributed by atoms with E-state index < -0.39 is 0 Å². The second-order valence-corrected chi connectivity index (χ2v) is 7.14. The number of esters is 1. The zero-order chi connectivity index (χ0) is 18.3. The van der Waals surface area contributed by atoms with Crippen LogP contribution in [0.5, 0.6) is 0 Å². The number of benzene rings is 1. The second kappa shape index (κ2) is 9.16. The Bertz CT molecular complexity index is 578. The van der Waals surface area contributed by atoms with Crippen LogP contribution in [0.15, 0.2) is 30.3 Å². The van der Waals surface area contributed by atoms with Gasteiger partial charge in [0.15, 0.2) is 0 Å². The van der Waals surface area contributed by atoms with E-state index in [2.05, 4.69) is 50.3 Å². The fourth-order valence-electron chi connectivity index (χ4n) is 3.77. The van der Waals surface area contributed by atoms with Gasteiger partial charge in [0.25, 0.3) is 0 Å². The van der Waals surface area contributed by atoms with Crippen LogP contribution in [-0.2, 0) is 19.0 Å². The van der Waals surface area contributed by atoms with Crippen molar-refractivity contribution in [2.24, 2.45) is 11.3 Å². The molecule has 0 spiro atoms. The third kappa shape index (κ3) is 5.16. The molecule has 1 aliphatic rings. The molecule has 0 heterocycles. The zero-order valence-electron chi connectivity index (χ0n) is 15.8. The quantitative estimate of drug-likeness (QED) is 0.518. The van der Waals surface area contributed by atoms with Crippen molar-refractivity contribution in [3.8, 4) is 0 Å². The van der Waals surface area contributed by atoms with Crippen molar-refractivity contribution in [1.29, 1.82) is 0 Å². The zero-order valence-corrected chi connectivity index (χ0v) is 15.8. The number of aryl methyl sites for hydroxylation is 1. The molecule has 0 N–H and O–H groups in total. The van der Waals surface area contributed by atoms with Gasteiger partial charge in [-0.1, -0.05) is 48.9 Å². The molecule has 2 rings (SSSR count). The predicted molar refractivity (Wildman–Crippen MR) is 99.0 cm³/mol. The van der Waals surface area contributed by atoms with Crippen LogP contribution >= 0.6 is 0 Å². The lowest BCUT2D eigenvalue weighted by Gasteiger charge is -2.35. The Morgan fingerprint density at radius 3 is 2.60 bits per heavy atom. The first kappa shape index (κ1) is 19.7. The van der Waals surface area contributed by atoms with Gasteiger partial charge < -0.3 is 14.2 Å². The van der Waals surface area contributed by atoms with E-state index in [0.717, 1.165) is 19.3 Å². The fourth-order valence-corrected chi connectivity index (χ4v) is 3.77. The van der Waals surface area contributed by atoms with Crippen LogP contribution in [0.25, 0.3) is 6.08 Å². The highest BCUT2D eigenvalue weighted by molar-refractivity contribution is 5.70. The molecule has 1 aromatic rings. The Morgan fingerprint density at radius 1 is 1.24 bits per heavy atom. The highest BCUT2D eigenvalue weighted by Gasteiger charge is 2.48. The summed E-state index contributed by atoms with van der Waals surface area (Å²) in [5.41, 5.74) is 2.23. The van der Waals surface area contributed by atoms with Crippen molar-refractivity contribution in [2.45, 2.75) is 45.6 Å². The molecular weight excluding hydrogens is 316 g/mol. The molecule has 0 aromatic heterocycles. The van der Waals surface area contributed by atoms with Crippen LogP contribution in [0.1, 0.15) is 43.7 Å². The van der Waals surface area contributed by atoms with E-state index in [-0.39, 0.29) is 24.3 Å². The van der Waals surface area contributed by atoms with Gasteiger partial charge in [-0.3, -0.25) is 4.79 Å². The smallest absolute Gasteiger partial charge is 0.306 e. The fraction of sp³-hybridized carbons (Fsp3) is 0.571. The largest absolute Gasteiger partial charge is 0.469 e. The van der Waals surface area contributed by atoms with Crippen LogP contribution in [0.2, 0.25) is 0 Å². The molecule has 1 saturated carbocycles. The Balaban J connectivity index is 2.05. The molecule has 138 valence electrons. The monoisotopic (exact) mass is 346 g/mol. The van der Waals surface area contributed by atoms with Crippen LogP contribution < -0.4 is 0 Å². The average molecular weight is 346 g/mol. The van der Waals surface area contributed by atoms with E-state index in [0.29, 0.717) is 12.3 Å². The summed E-state index contributed by atoms with van der Waals surface area (Å²) in [6.07, 6.45) is 7.67. The van der Waals surface area contributed by atoms with Gasteiger partial charge in [0.2, 0.25) is 0 Å². The van der Waals surface area contributed by atoms with Crippen molar-refractivity contribution in [1.82, 2.24) is 0 Å². The van der Waals surface area contributed by atoms with Crippen LogP contribution in [0.4, 0.5) is 0 Å². The van der Waals surface area contributed by atoms with Gasteiger partial charge in [-0.05, 0) is 37.7 Å². The number of methoxy groups -OCH3 is 2. The summed E-state index contributed by atoms with van der Waals surface area (Å²) in [6, 6.07) is 8.48. The molecule has 25 heavy (non-hydrogen) atoms. The molecule has 4 nitrogen and oxygen atoms in total. The van der Waals surface area contributed by atoms with Gasteiger partial charge in [-0.2, -0.15) is 0 Å². The lowest BCUT2D eigenvalue weighted by Crippen LogP contribution is -2.37. The summed E-state index contributed by atoms with van der Waals surface area (Å²) in [5, 5.41) is 0. The van der Waals surface area contributed by atoms with E-state index in [1.165, 1.54) is 18.2 Å². The van der Waals surface area contributed by atoms with E-state index in [1.54, 1.807) is 7.11 Å². The van der Waals surface area contributed by atoms with Gasteiger partial charge in [-0.15, -0.1) is 0 Å². The van der Waals surface area contributed by atoms with Gasteiger partial charge in [0.1, 0.15) is 6.79 Å². The number of rotatable bonds is 8. The van der Waals surface area contributed by atoms with E-state index in [1.807, 2.05) is 0 Å². The van der Waals surface area contributed by atoms with Crippen LogP contribution in [0.3, 0.4) is 0 Å². The maximum atomic E-state index is 11.9. The Morgan fingerprint density at radius 2 is 1.96 bits per heavy atom. The predicted octanol–water partition coefficient (Wildman–Crippen LogP) is 4.37. The van der Waals surface area contributed by atoms with Gasteiger partial charge in [-0.25, -0.2) is 0 Å². The third-order valence-corrected chi connectivity index (χ3v) is 5.39. The van der Waals surface area contributed by atoms with Crippen molar-refractivity contribution in [3.05, 3.63) is 41.5 Å². The molecule has 3 atom stereocenters. The number of allylic oxidation sites excluding steroid dienone is 1. The van der Waals surface area contributed by atoms with Gasteiger partial charge in [0.05, 0.1) is 19.6 Å². The van der Waals surface area contributed by atoms with Crippen molar-refractivity contribution < 1.29 is 19.0 Å². The SMILES string of the molecule is COCO[C@H]1CC[C@@H](C/C=C/c2ccc(C)cc2)[C@]1(C)CC(=O)OC. The number of ether oxygens (including phenoxy) is 3. The summed E-state index contributed by atoms with van der Waals surface area (Å²) in [4.78, 5) is 11.9. The Kier molecular flexibility index (Phi) is 7.21. The topological polar surface area (TPSA) is 44.8 Å². The van der Waals surface area contributed by atoms with E-state index in [4.69, 9.17) is 14.2 Å². The Hall–Kier alpha value is -1.65. The van der Waals surface area contributed by atoms with E-state index >= 15 is 0 Å².